The van der Waals surface area contributed by atoms with Gasteiger partial charge in [0.15, 0.2) is 0 Å². The van der Waals surface area contributed by atoms with E-state index >= 15 is 0 Å². The molecule has 0 saturated heterocycles. The second-order valence-electron chi connectivity index (χ2n) is 3.46. The SMILES string of the molecule is CN[C@@H]1CC(O)[C@H](O)C(CO)C1. The number of hydrogen-bond donors (Lipinski definition) is 4. The van der Waals surface area contributed by atoms with E-state index in [2.05, 4.69) is 5.32 Å². The molecule has 0 spiro atoms. The molecule has 1 fully saturated rings. The molecule has 1 rings (SSSR count). The van der Waals surface area contributed by atoms with Crippen molar-refractivity contribution < 1.29 is 15.3 Å². The van der Waals surface area contributed by atoms with Gasteiger partial charge in [-0.25, -0.2) is 0 Å². The van der Waals surface area contributed by atoms with Gasteiger partial charge in [-0.1, -0.05) is 0 Å². The van der Waals surface area contributed by atoms with Gasteiger partial charge in [-0.3, -0.25) is 0 Å². The van der Waals surface area contributed by atoms with Gasteiger partial charge in [0.25, 0.3) is 0 Å². The minimum Gasteiger partial charge on any atom is -0.396 e. The van der Waals surface area contributed by atoms with Crippen molar-refractivity contribution in [1.82, 2.24) is 5.32 Å². The monoisotopic (exact) mass is 175 g/mol. The lowest BCUT2D eigenvalue weighted by molar-refractivity contribution is -0.0668. The van der Waals surface area contributed by atoms with Crippen LogP contribution in [0, 0.1) is 5.92 Å². The molecule has 0 bridgehead atoms. The summed E-state index contributed by atoms with van der Waals surface area (Å²) in [5.74, 6) is -0.189. The average Bonchev–Trinajstić information content (AvgIpc) is 2.09. The Morgan fingerprint density at radius 1 is 1.33 bits per heavy atom. The first-order valence-electron chi connectivity index (χ1n) is 4.33. The summed E-state index contributed by atoms with van der Waals surface area (Å²) in [6.45, 7) is -0.0591. The lowest BCUT2D eigenvalue weighted by atomic mass is 9.82. The first-order chi connectivity index (χ1) is 5.69. The Kier molecular flexibility index (Phi) is 3.46. The van der Waals surface area contributed by atoms with Crippen molar-refractivity contribution in [2.45, 2.75) is 31.1 Å². The third-order valence-electron chi connectivity index (χ3n) is 2.63. The third-order valence-corrected chi connectivity index (χ3v) is 2.63. The van der Waals surface area contributed by atoms with Crippen molar-refractivity contribution in [2.24, 2.45) is 5.92 Å². The van der Waals surface area contributed by atoms with Crippen molar-refractivity contribution in [2.75, 3.05) is 13.7 Å². The van der Waals surface area contributed by atoms with Crippen molar-refractivity contribution in [3.8, 4) is 0 Å². The van der Waals surface area contributed by atoms with Crippen LogP contribution in [0.3, 0.4) is 0 Å². The van der Waals surface area contributed by atoms with Crippen molar-refractivity contribution in [1.29, 1.82) is 0 Å². The second kappa shape index (κ2) is 4.18. The Hall–Kier alpha value is -0.160. The normalized spacial score (nSPS) is 43.0. The molecule has 12 heavy (non-hydrogen) atoms. The van der Waals surface area contributed by atoms with Crippen LogP contribution in [-0.4, -0.2) is 47.2 Å². The molecule has 0 aromatic rings. The summed E-state index contributed by atoms with van der Waals surface area (Å²) >= 11 is 0. The lowest BCUT2D eigenvalue weighted by Crippen LogP contribution is -2.48. The molecule has 2 unspecified atom stereocenters. The highest BCUT2D eigenvalue weighted by atomic mass is 16.3. The molecule has 0 amide bonds. The summed E-state index contributed by atoms with van der Waals surface area (Å²) in [6.07, 6.45) is -0.174. The average molecular weight is 175 g/mol. The number of rotatable bonds is 2. The van der Waals surface area contributed by atoms with Crippen LogP contribution < -0.4 is 5.32 Å². The van der Waals surface area contributed by atoms with Gasteiger partial charge in [-0.2, -0.15) is 0 Å². The number of aliphatic hydroxyl groups is 3. The van der Waals surface area contributed by atoms with Gasteiger partial charge in [0.2, 0.25) is 0 Å². The van der Waals surface area contributed by atoms with E-state index < -0.39 is 12.2 Å². The molecule has 0 radical (unpaired) electrons. The smallest absolute Gasteiger partial charge is 0.0850 e. The van der Waals surface area contributed by atoms with Crippen LogP contribution in [-0.2, 0) is 0 Å². The number of aliphatic hydroxyl groups excluding tert-OH is 3. The van der Waals surface area contributed by atoms with Crippen LogP contribution in [0.1, 0.15) is 12.8 Å². The zero-order valence-corrected chi connectivity index (χ0v) is 7.27. The molecular formula is C8H17NO3. The maximum absolute atomic E-state index is 9.41. The van der Waals surface area contributed by atoms with Crippen LogP contribution in [0.25, 0.3) is 0 Å². The van der Waals surface area contributed by atoms with E-state index in [-0.39, 0.29) is 18.6 Å². The van der Waals surface area contributed by atoms with Crippen LogP contribution in [0.2, 0.25) is 0 Å². The first kappa shape index (κ1) is 9.92. The molecule has 1 aliphatic carbocycles. The van der Waals surface area contributed by atoms with E-state index in [1.807, 2.05) is 7.05 Å². The topological polar surface area (TPSA) is 72.7 Å². The van der Waals surface area contributed by atoms with Gasteiger partial charge < -0.3 is 20.6 Å². The molecule has 72 valence electrons. The summed E-state index contributed by atoms with van der Waals surface area (Å²) in [7, 11) is 1.82. The summed E-state index contributed by atoms with van der Waals surface area (Å²) in [4.78, 5) is 0. The minimum absolute atomic E-state index is 0.0591. The van der Waals surface area contributed by atoms with E-state index in [9.17, 15) is 10.2 Å². The molecule has 0 aliphatic heterocycles. The highest BCUT2D eigenvalue weighted by Gasteiger charge is 2.34. The Morgan fingerprint density at radius 2 is 2.00 bits per heavy atom. The summed E-state index contributed by atoms with van der Waals surface area (Å²) < 4.78 is 0. The van der Waals surface area contributed by atoms with Gasteiger partial charge in [-0.05, 0) is 19.9 Å². The Morgan fingerprint density at radius 3 is 2.50 bits per heavy atom. The molecule has 4 atom stereocenters. The predicted molar refractivity (Wildman–Crippen MR) is 44.7 cm³/mol. The van der Waals surface area contributed by atoms with Crippen molar-refractivity contribution in [3.05, 3.63) is 0 Å². The maximum Gasteiger partial charge on any atom is 0.0850 e. The van der Waals surface area contributed by atoms with E-state index in [4.69, 9.17) is 5.11 Å². The predicted octanol–water partition coefficient (Wildman–Crippen LogP) is -1.30. The Balaban J connectivity index is 2.52. The zero-order chi connectivity index (χ0) is 9.14. The van der Waals surface area contributed by atoms with Crippen LogP contribution >= 0.6 is 0 Å². The quantitative estimate of drug-likeness (QED) is 0.421. The van der Waals surface area contributed by atoms with Crippen LogP contribution in [0.5, 0.6) is 0 Å². The van der Waals surface area contributed by atoms with Crippen LogP contribution in [0.15, 0.2) is 0 Å². The molecule has 0 aromatic carbocycles. The molecule has 0 aromatic heterocycles. The van der Waals surface area contributed by atoms with Gasteiger partial charge in [0.1, 0.15) is 0 Å². The summed E-state index contributed by atoms with van der Waals surface area (Å²) in [5.41, 5.74) is 0. The summed E-state index contributed by atoms with van der Waals surface area (Å²) in [5, 5.41) is 30.7. The minimum atomic E-state index is -0.764. The number of hydrogen-bond acceptors (Lipinski definition) is 4. The van der Waals surface area contributed by atoms with Gasteiger partial charge in [-0.15, -0.1) is 0 Å². The van der Waals surface area contributed by atoms with Gasteiger partial charge in [0, 0.05) is 18.6 Å². The molecular weight excluding hydrogens is 158 g/mol. The molecule has 4 heteroatoms. The fourth-order valence-corrected chi connectivity index (χ4v) is 1.76. The molecule has 4 nitrogen and oxygen atoms in total. The fourth-order valence-electron chi connectivity index (χ4n) is 1.76. The fraction of sp³-hybridized carbons (Fsp3) is 1.00. The standard InChI is InChI=1S/C8H17NO3/c1-9-6-2-5(4-10)8(12)7(11)3-6/h5-12H,2-4H2,1H3/t5?,6-,7?,8+/m0/s1. The van der Waals surface area contributed by atoms with E-state index in [0.717, 1.165) is 6.42 Å². The zero-order valence-electron chi connectivity index (χ0n) is 7.27. The third kappa shape index (κ3) is 1.95. The van der Waals surface area contributed by atoms with Crippen LogP contribution in [0.4, 0.5) is 0 Å². The maximum atomic E-state index is 9.41. The Bertz CT molecular complexity index is 142. The largest absolute Gasteiger partial charge is 0.396 e. The first-order valence-corrected chi connectivity index (χ1v) is 4.33. The molecule has 1 aliphatic rings. The van der Waals surface area contributed by atoms with Gasteiger partial charge in [0.05, 0.1) is 12.2 Å². The second-order valence-corrected chi connectivity index (χ2v) is 3.46. The molecule has 0 heterocycles. The van der Waals surface area contributed by atoms with Gasteiger partial charge >= 0.3 is 0 Å². The van der Waals surface area contributed by atoms with Crippen molar-refractivity contribution in [3.63, 3.8) is 0 Å². The Labute approximate surface area is 72.2 Å². The van der Waals surface area contributed by atoms with E-state index in [1.54, 1.807) is 0 Å². The molecule has 1 saturated carbocycles. The number of nitrogens with one attached hydrogen (secondary N) is 1. The summed E-state index contributed by atoms with van der Waals surface area (Å²) in [6, 6.07) is 0.209. The van der Waals surface area contributed by atoms with E-state index in [1.165, 1.54) is 0 Å². The lowest BCUT2D eigenvalue weighted by Gasteiger charge is -2.35. The molecule has 4 N–H and O–H groups in total. The van der Waals surface area contributed by atoms with E-state index in [0.29, 0.717) is 6.42 Å². The van der Waals surface area contributed by atoms with Crippen molar-refractivity contribution >= 4 is 0 Å². The highest BCUT2D eigenvalue weighted by Crippen LogP contribution is 2.24. The highest BCUT2D eigenvalue weighted by molar-refractivity contribution is 4.88.